The van der Waals surface area contributed by atoms with Gasteiger partial charge in [0.25, 0.3) is 0 Å². The molecule has 6 nitrogen and oxygen atoms in total. The molecule has 0 aromatic heterocycles. The third-order valence-corrected chi connectivity index (χ3v) is 3.21. The van der Waals surface area contributed by atoms with Crippen LogP contribution in [0.2, 0.25) is 0 Å². The highest BCUT2D eigenvalue weighted by Gasteiger charge is 2.37. The van der Waals surface area contributed by atoms with Crippen molar-refractivity contribution in [2.45, 2.75) is 6.04 Å². The molecule has 12 heavy (non-hydrogen) atoms. The number of carbonyl (C=O) groups is 2. The Balaban J connectivity index is 2.77. The van der Waals surface area contributed by atoms with E-state index in [0.717, 1.165) is 0 Å². The van der Waals surface area contributed by atoms with Crippen LogP contribution in [-0.2, 0) is 14.2 Å². The minimum Gasteiger partial charge on any atom is -0.480 e. The molecule has 1 amide bonds. The van der Waals surface area contributed by atoms with E-state index in [2.05, 4.69) is 5.32 Å². The van der Waals surface area contributed by atoms with Gasteiger partial charge in [-0.2, -0.15) is 0 Å². The van der Waals surface area contributed by atoms with Gasteiger partial charge in [0.1, 0.15) is 12.2 Å². The van der Waals surface area contributed by atoms with E-state index in [1.165, 1.54) is 0 Å². The maximum atomic E-state index is 11.0. The number of hydrogen-bond acceptors (Lipinski definition) is 3. The van der Waals surface area contributed by atoms with E-state index in [1.807, 2.05) is 0 Å². The molecule has 2 atom stereocenters. The summed E-state index contributed by atoms with van der Waals surface area (Å²) in [4.78, 5) is 30.0. The number of carbonyl (C=O) groups excluding carboxylic acids is 1. The van der Waals surface area contributed by atoms with Crippen LogP contribution in [-0.4, -0.2) is 40.2 Å². The SMILES string of the molecule is O=C1CP(=O)(O)C[C@@H](C(=O)O)N1. The molecule has 1 heterocycles. The molecule has 1 rings (SSSR count). The van der Waals surface area contributed by atoms with Gasteiger partial charge in [-0.3, -0.25) is 9.36 Å². The number of aliphatic carboxylic acids is 1. The summed E-state index contributed by atoms with van der Waals surface area (Å²) >= 11 is 0. The number of carboxylic acids is 1. The minimum absolute atomic E-state index is 0.381. The predicted octanol–water partition coefficient (Wildman–Crippen LogP) is -1.16. The Hall–Kier alpha value is -0.870. The Bertz CT molecular complexity index is 275. The summed E-state index contributed by atoms with van der Waals surface area (Å²) in [5.41, 5.74) is 0. The van der Waals surface area contributed by atoms with E-state index in [0.29, 0.717) is 0 Å². The van der Waals surface area contributed by atoms with Crippen molar-refractivity contribution >= 4 is 19.2 Å². The fourth-order valence-corrected chi connectivity index (χ4v) is 2.49. The van der Waals surface area contributed by atoms with Crippen LogP contribution < -0.4 is 5.32 Å². The lowest BCUT2D eigenvalue weighted by Crippen LogP contribution is -2.48. The number of hydrogen-bond donors (Lipinski definition) is 3. The monoisotopic (exact) mass is 193 g/mol. The van der Waals surface area contributed by atoms with E-state index in [-0.39, 0.29) is 6.16 Å². The van der Waals surface area contributed by atoms with Crippen molar-refractivity contribution in [3.63, 3.8) is 0 Å². The summed E-state index contributed by atoms with van der Waals surface area (Å²) in [5, 5.41) is 10.5. The van der Waals surface area contributed by atoms with Crippen LogP contribution in [0.15, 0.2) is 0 Å². The average molecular weight is 193 g/mol. The van der Waals surface area contributed by atoms with Crippen molar-refractivity contribution in [2.24, 2.45) is 0 Å². The summed E-state index contributed by atoms with van der Waals surface area (Å²) in [7, 11) is -3.55. The standard InChI is InChI=1S/C5H8NO5P/c7-4-2-12(10,11)1-3(6-4)5(8)9/h3H,1-2H2,(H,6,7)(H,8,9)(H,10,11)/t3-/m0/s1. The molecule has 0 aromatic carbocycles. The topological polar surface area (TPSA) is 104 Å². The second-order valence-electron chi connectivity index (χ2n) is 2.65. The molecule has 0 aliphatic carbocycles. The van der Waals surface area contributed by atoms with Crippen LogP contribution in [0.4, 0.5) is 0 Å². The first kappa shape index (κ1) is 9.22. The molecule has 1 unspecified atom stereocenters. The highest BCUT2D eigenvalue weighted by Crippen LogP contribution is 2.42. The fraction of sp³-hybridized carbons (Fsp3) is 0.600. The highest BCUT2D eigenvalue weighted by atomic mass is 31.2. The van der Waals surface area contributed by atoms with E-state index in [9.17, 15) is 14.2 Å². The Labute approximate surface area is 68.0 Å². The predicted molar refractivity (Wildman–Crippen MR) is 39.1 cm³/mol. The normalized spacial score (nSPS) is 35.8. The molecule has 1 aliphatic heterocycles. The zero-order valence-corrected chi connectivity index (χ0v) is 6.95. The molecule has 0 spiro atoms. The summed E-state index contributed by atoms with van der Waals surface area (Å²) in [6.45, 7) is 0. The van der Waals surface area contributed by atoms with E-state index >= 15 is 0 Å². The lowest BCUT2D eigenvalue weighted by atomic mass is 10.3. The van der Waals surface area contributed by atoms with Gasteiger partial charge < -0.3 is 15.3 Å². The number of rotatable bonds is 1. The largest absolute Gasteiger partial charge is 0.480 e. The van der Waals surface area contributed by atoms with Crippen molar-refractivity contribution in [1.82, 2.24) is 5.32 Å². The van der Waals surface area contributed by atoms with Crippen LogP contribution in [0.1, 0.15) is 0 Å². The molecule has 0 bridgehead atoms. The zero-order valence-electron chi connectivity index (χ0n) is 6.06. The van der Waals surface area contributed by atoms with E-state index in [1.54, 1.807) is 0 Å². The van der Waals surface area contributed by atoms with Crippen LogP contribution in [0.5, 0.6) is 0 Å². The molecule has 0 saturated carbocycles. The lowest BCUT2D eigenvalue weighted by Gasteiger charge is -2.23. The number of amides is 1. The zero-order chi connectivity index (χ0) is 9.35. The summed E-state index contributed by atoms with van der Waals surface area (Å²) < 4.78 is 11.0. The Morgan fingerprint density at radius 1 is 1.67 bits per heavy atom. The van der Waals surface area contributed by atoms with Gasteiger partial charge in [-0.25, -0.2) is 4.79 Å². The van der Waals surface area contributed by atoms with Crippen molar-refractivity contribution in [3.05, 3.63) is 0 Å². The molecule has 3 N–H and O–H groups in total. The quantitative estimate of drug-likeness (QED) is 0.455. The van der Waals surface area contributed by atoms with Crippen LogP contribution in [0.3, 0.4) is 0 Å². The van der Waals surface area contributed by atoms with Crippen LogP contribution in [0, 0.1) is 0 Å². The second kappa shape index (κ2) is 2.88. The van der Waals surface area contributed by atoms with Crippen LogP contribution in [0.25, 0.3) is 0 Å². The third kappa shape index (κ3) is 2.06. The van der Waals surface area contributed by atoms with Gasteiger partial charge >= 0.3 is 5.97 Å². The molecular weight excluding hydrogens is 185 g/mol. The molecule has 1 fully saturated rings. The van der Waals surface area contributed by atoms with E-state index in [4.69, 9.17) is 10.00 Å². The first-order valence-electron chi connectivity index (χ1n) is 3.24. The highest BCUT2D eigenvalue weighted by molar-refractivity contribution is 7.59. The molecule has 68 valence electrons. The van der Waals surface area contributed by atoms with Crippen LogP contribution >= 0.6 is 7.37 Å². The maximum absolute atomic E-state index is 11.0. The van der Waals surface area contributed by atoms with Gasteiger partial charge in [0.15, 0.2) is 0 Å². The minimum atomic E-state index is -3.55. The summed E-state index contributed by atoms with van der Waals surface area (Å²) in [6, 6.07) is -1.22. The Morgan fingerprint density at radius 3 is 2.67 bits per heavy atom. The van der Waals surface area contributed by atoms with Gasteiger partial charge in [0.2, 0.25) is 13.3 Å². The molecular formula is C5H8NO5P. The van der Waals surface area contributed by atoms with Crippen molar-refractivity contribution in [3.8, 4) is 0 Å². The summed E-state index contributed by atoms with van der Waals surface area (Å²) in [6.07, 6.45) is -0.856. The molecule has 0 aromatic rings. The van der Waals surface area contributed by atoms with Gasteiger partial charge in [-0.15, -0.1) is 0 Å². The van der Waals surface area contributed by atoms with E-state index < -0.39 is 31.4 Å². The smallest absolute Gasteiger partial charge is 0.326 e. The van der Waals surface area contributed by atoms with Crippen molar-refractivity contribution in [2.75, 3.05) is 12.3 Å². The van der Waals surface area contributed by atoms with Crippen molar-refractivity contribution < 1.29 is 24.2 Å². The first-order chi connectivity index (χ1) is 5.41. The average Bonchev–Trinajstić information content (AvgIpc) is 1.82. The number of nitrogens with one attached hydrogen (secondary N) is 1. The van der Waals surface area contributed by atoms with Crippen molar-refractivity contribution in [1.29, 1.82) is 0 Å². The Morgan fingerprint density at radius 2 is 2.25 bits per heavy atom. The fourth-order valence-electron chi connectivity index (χ4n) is 1.000. The molecule has 0 radical (unpaired) electrons. The third-order valence-electron chi connectivity index (χ3n) is 1.49. The molecule has 7 heteroatoms. The molecule has 1 aliphatic rings. The summed E-state index contributed by atoms with van der Waals surface area (Å²) in [5.74, 6) is -1.96. The van der Waals surface area contributed by atoms with Gasteiger partial charge in [-0.1, -0.05) is 0 Å². The van der Waals surface area contributed by atoms with Gasteiger partial charge in [-0.05, 0) is 0 Å². The maximum Gasteiger partial charge on any atom is 0.326 e. The van der Waals surface area contributed by atoms with Gasteiger partial charge in [0, 0.05) is 0 Å². The number of carboxylic acid groups (broad SMARTS) is 1. The first-order valence-corrected chi connectivity index (χ1v) is 5.27. The second-order valence-corrected chi connectivity index (χ2v) is 5.02. The van der Waals surface area contributed by atoms with Gasteiger partial charge in [0.05, 0.1) is 6.16 Å². The Kier molecular flexibility index (Phi) is 2.21. The lowest BCUT2D eigenvalue weighted by molar-refractivity contribution is -0.141. The molecule has 1 saturated heterocycles.